The second-order valence-electron chi connectivity index (χ2n) is 11.3. The van der Waals surface area contributed by atoms with Gasteiger partial charge in [-0.05, 0) is 83.1 Å². The molecule has 3 atom stereocenters. The third kappa shape index (κ3) is 158. The van der Waals surface area contributed by atoms with Gasteiger partial charge in [0, 0.05) is 39.8 Å². The number of para-hydroxylation sites is 4. The van der Waals surface area contributed by atoms with Crippen molar-refractivity contribution in [3.8, 4) is 23.0 Å². The molecule has 78 heavy (non-hydrogen) atoms. The maximum atomic E-state index is 8.63. The van der Waals surface area contributed by atoms with Crippen LogP contribution in [0.25, 0.3) is 0 Å². The van der Waals surface area contributed by atoms with Gasteiger partial charge in [-0.2, -0.15) is 0 Å². The number of aromatic hydroxyl groups is 1. The number of phenolic OH excluding ortho intramolecular Hbond substituents is 1. The topological polar surface area (TPSA) is 75.6 Å². The third-order valence-corrected chi connectivity index (χ3v) is 5.03. The molecule has 0 aliphatic carbocycles. The number of methoxy groups -OCH3 is 1. The van der Waals surface area contributed by atoms with Gasteiger partial charge in [0.1, 0.15) is 23.0 Å². The predicted molar refractivity (Wildman–Crippen MR) is 363 cm³/mol. The summed E-state index contributed by atoms with van der Waals surface area (Å²) in [6, 6.07) is 37.6. The van der Waals surface area contributed by atoms with Crippen molar-refractivity contribution in [2.24, 2.45) is 0 Å². The van der Waals surface area contributed by atoms with E-state index in [2.05, 4.69) is 55.4 Å². The second kappa shape index (κ2) is 158. The molecule has 8 heteroatoms. The van der Waals surface area contributed by atoms with Gasteiger partial charge in [-0.3, -0.25) is 0 Å². The first kappa shape index (κ1) is 122. The van der Waals surface area contributed by atoms with Crippen LogP contribution in [-0.2, 0) is 33.7 Å². The zero-order chi connectivity index (χ0) is 63.7. The zero-order valence-electron chi connectivity index (χ0n) is 59.8. The molecule has 1 radical (unpaired) electrons. The molecule has 4 aromatic rings. The van der Waals surface area contributed by atoms with Crippen LogP contribution in [-0.4, -0.2) is 44.3 Å². The molecule has 4 aromatic carbocycles. The van der Waals surface area contributed by atoms with Crippen molar-refractivity contribution in [2.45, 2.75) is 287 Å². The molecule has 0 bridgehead atoms. The third-order valence-electron chi connectivity index (χ3n) is 5.03. The summed E-state index contributed by atoms with van der Waals surface area (Å²) in [5, 5.41) is 8.63. The van der Waals surface area contributed by atoms with Crippen LogP contribution in [0.5, 0.6) is 23.0 Å². The van der Waals surface area contributed by atoms with E-state index in [1.807, 2.05) is 284 Å². The van der Waals surface area contributed by atoms with Crippen LogP contribution in [0.3, 0.4) is 0 Å². The Morgan fingerprint density at radius 2 is 0.462 bits per heavy atom. The number of hydrogen-bond acceptors (Lipinski definition) is 7. The molecule has 1 N–H and O–H groups in total. The summed E-state index contributed by atoms with van der Waals surface area (Å²) in [6.07, 6.45) is 4.48. The first-order chi connectivity index (χ1) is 37.0. The van der Waals surface area contributed by atoms with Crippen molar-refractivity contribution in [3.05, 3.63) is 129 Å². The molecule has 0 aliphatic rings. The van der Waals surface area contributed by atoms with Crippen molar-refractivity contribution >= 4 is 0 Å². The minimum Gasteiger partial charge on any atom is -0.508 e. The summed E-state index contributed by atoms with van der Waals surface area (Å²) in [7, 11) is 1.62. The quantitative estimate of drug-likeness (QED) is 0.0911. The Morgan fingerprint density at radius 3 is 0.590 bits per heavy atom. The molecule has 0 heterocycles. The van der Waals surface area contributed by atoms with E-state index >= 15 is 0 Å². The summed E-state index contributed by atoms with van der Waals surface area (Å²) in [5.41, 5.74) is 0. The van der Waals surface area contributed by atoms with E-state index in [9.17, 15) is 0 Å². The van der Waals surface area contributed by atoms with E-state index in [0.29, 0.717) is 19.0 Å². The Kier molecular flexibility index (Phi) is 246. The largest absolute Gasteiger partial charge is 0.508 e. The maximum Gasteiger partial charge on any atom is 0.196 e. The van der Waals surface area contributed by atoms with Crippen LogP contribution < -0.4 is 14.2 Å². The van der Waals surface area contributed by atoms with E-state index in [-0.39, 0.29) is 45.8 Å². The number of benzene rings is 4. The molecular formula is C70H147O7Rh-. The van der Waals surface area contributed by atoms with Gasteiger partial charge in [-0.15, -0.1) is 0 Å². The Bertz CT molecular complexity index is 1130. The summed E-state index contributed by atoms with van der Waals surface area (Å²) < 4.78 is 31.6. The number of ether oxygens (including phenoxy) is 6. The molecule has 0 saturated carbocycles. The summed E-state index contributed by atoms with van der Waals surface area (Å²) >= 11 is 0. The van der Waals surface area contributed by atoms with Crippen LogP contribution >= 0.6 is 0 Å². The summed E-state index contributed by atoms with van der Waals surface area (Å²) in [5.74, 6) is 2.85. The molecule has 0 saturated heterocycles. The molecule has 0 aromatic heterocycles. The fourth-order valence-electron chi connectivity index (χ4n) is 3.09. The van der Waals surface area contributed by atoms with E-state index in [1.165, 1.54) is 25.7 Å². The molecule has 479 valence electrons. The van der Waals surface area contributed by atoms with Gasteiger partial charge in [-0.1, -0.05) is 306 Å². The molecule has 0 fully saturated rings. The monoisotopic (exact) mass is 1200 g/mol. The minimum absolute atomic E-state index is 0. The second-order valence-corrected chi connectivity index (χ2v) is 11.3. The zero-order valence-corrected chi connectivity index (χ0v) is 61.4. The Labute approximate surface area is 509 Å². The molecule has 3 unspecified atom stereocenters. The molecule has 0 spiro atoms. The first-order valence-electron chi connectivity index (χ1n) is 30.7. The van der Waals surface area contributed by atoms with Crippen LogP contribution in [0.2, 0.25) is 0 Å². The normalized spacial score (nSPS) is 8.15. The van der Waals surface area contributed by atoms with Crippen LogP contribution in [0.15, 0.2) is 121 Å². The van der Waals surface area contributed by atoms with E-state index in [4.69, 9.17) is 33.5 Å². The van der Waals surface area contributed by atoms with Gasteiger partial charge in [-0.25, -0.2) is 0 Å². The van der Waals surface area contributed by atoms with E-state index in [0.717, 1.165) is 17.2 Å². The van der Waals surface area contributed by atoms with Crippen molar-refractivity contribution < 1.29 is 53.0 Å². The first-order valence-corrected chi connectivity index (χ1v) is 30.7. The Balaban J connectivity index is -0.0000000357. The average Bonchev–Trinajstić information content (AvgIpc) is 3.49. The van der Waals surface area contributed by atoms with Crippen molar-refractivity contribution in [3.63, 3.8) is 0 Å². The standard InChI is InChI=1S/2C10H14O2.C9H12O2.C6H6O.4C3H8.11C2H6.CH3.Rh/c2*1-3-11-9(2)12-10-7-5-4-6-8-10;1-8(10-2)11-9-6-4-3-5-7-9;7-6-4-2-1-3-5-6;4*1-3-2;11*1-2;;/h2*4-9H,3H2,1-2H3;3-8H,1-2H3;1-5,7H;4*3H2,1-2H3;11*1-2H3;1H3;/q;;;;;;;;;;;;;;;;;;;-1;. The number of hydrogen-bond donors (Lipinski definition) is 1. The van der Waals surface area contributed by atoms with Crippen LogP contribution in [0, 0.1) is 7.43 Å². The average molecular weight is 1200 g/mol. The molecule has 4 rings (SSSR count). The van der Waals surface area contributed by atoms with Gasteiger partial charge in [0.2, 0.25) is 0 Å². The smallest absolute Gasteiger partial charge is 0.196 e. The fourth-order valence-corrected chi connectivity index (χ4v) is 3.09. The number of rotatable bonds is 11. The number of phenols is 1. The molecule has 0 amide bonds. The van der Waals surface area contributed by atoms with Gasteiger partial charge < -0.3 is 41.0 Å². The summed E-state index contributed by atoms with van der Waals surface area (Å²) in [6.45, 7) is 71.9. The van der Waals surface area contributed by atoms with Gasteiger partial charge in [0.15, 0.2) is 18.9 Å². The SMILES string of the molecule is CC.CC.CC.CC.CC.CC.CC.CC.CC.CC.CC.CCC.CCC.CCC.CCC.CCOC(C)Oc1ccccc1.CCOC(C)Oc1ccccc1.COC(C)Oc1ccccc1.Oc1ccccc1.[CH3-].[Rh]. The van der Waals surface area contributed by atoms with Gasteiger partial charge >= 0.3 is 0 Å². The van der Waals surface area contributed by atoms with Gasteiger partial charge in [0.05, 0.1) is 0 Å². The summed E-state index contributed by atoms with van der Waals surface area (Å²) in [4.78, 5) is 0. The maximum absolute atomic E-state index is 8.63. The van der Waals surface area contributed by atoms with Gasteiger partial charge in [0.25, 0.3) is 0 Å². The molecular weight excluding hydrogens is 1060 g/mol. The molecule has 7 nitrogen and oxygen atoms in total. The Morgan fingerprint density at radius 1 is 0.308 bits per heavy atom. The van der Waals surface area contributed by atoms with E-state index < -0.39 is 0 Å². The van der Waals surface area contributed by atoms with Crippen LogP contribution in [0.4, 0.5) is 0 Å². The van der Waals surface area contributed by atoms with Crippen molar-refractivity contribution in [1.82, 2.24) is 0 Å². The van der Waals surface area contributed by atoms with Crippen molar-refractivity contribution in [1.29, 1.82) is 0 Å². The van der Waals surface area contributed by atoms with E-state index in [1.54, 1.807) is 31.4 Å². The fraction of sp³-hybridized carbons (Fsp3) is 0.643. The Hall–Kier alpha value is -3.42. The molecule has 0 aliphatic heterocycles. The van der Waals surface area contributed by atoms with Crippen molar-refractivity contribution in [2.75, 3.05) is 20.3 Å². The van der Waals surface area contributed by atoms with Crippen LogP contribution in [0.1, 0.15) is 268 Å². The minimum atomic E-state index is -0.183. The predicted octanol–water partition coefficient (Wildman–Crippen LogP) is 25.7.